The molecular formula is C26H31Cl2N5O2S. The number of benzene rings is 2. The standard InChI is InChI=1S/C26H31Cl2N5O2S/c1-6-33-24(22(12-15(2)3)30-25(35)19-11-10-18(27)13-20(19)28)31-32-26(33)36-14-23(34)29-21-9-7-8-16(4)17(21)5/h7-11,13,15,22H,6,12,14H2,1-5H3,(H,29,34)(H,30,35)/t22-/m1/s1. The number of aryl methyl sites for hydroxylation is 1. The van der Waals surface area contributed by atoms with E-state index in [-0.39, 0.29) is 34.5 Å². The molecule has 7 nitrogen and oxygen atoms in total. The first kappa shape index (κ1) is 28.0. The first-order valence-electron chi connectivity index (χ1n) is 11.8. The van der Waals surface area contributed by atoms with Gasteiger partial charge in [0, 0.05) is 17.3 Å². The van der Waals surface area contributed by atoms with Crippen LogP contribution in [0, 0.1) is 19.8 Å². The van der Waals surface area contributed by atoms with Crippen molar-refractivity contribution in [3.63, 3.8) is 0 Å². The van der Waals surface area contributed by atoms with Crippen molar-refractivity contribution in [2.24, 2.45) is 5.92 Å². The number of halogens is 2. The smallest absolute Gasteiger partial charge is 0.253 e. The fourth-order valence-electron chi connectivity index (χ4n) is 3.77. The van der Waals surface area contributed by atoms with Gasteiger partial charge in [0.1, 0.15) is 0 Å². The molecule has 0 saturated heterocycles. The van der Waals surface area contributed by atoms with Gasteiger partial charge in [0.25, 0.3) is 5.91 Å². The fraction of sp³-hybridized carbons (Fsp3) is 0.385. The summed E-state index contributed by atoms with van der Waals surface area (Å²) < 4.78 is 1.94. The minimum atomic E-state index is -0.380. The number of aromatic nitrogens is 3. The second-order valence-electron chi connectivity index (χ2n) is 8.95. The highest BCUT2D eigenvalue weighted by Gasteiger charge is 2.25. The number of nitrogens with one attached hydrogen (secondary N) is 2. The van der Waals surface area contributed by atoms with Gasteiger partial charge >= 0.3 is 0 Å². The Labute approximate surface area is 226 Å². The third-order valence-corrected chi connectivity index (χ3v) is 7.29. The number of rotatable bonds is 10. The van der Waals surface area contributed by atoms with Gasteiger partial charge in [-0.1, -0.05) is 60.9 Å². The highest BCUT2D eigenvalue weighted by molar-refractivity contribution is 7.99. The Kier molecular flexibility index (Phi) is 9.82. The molecule has 2 aromatic carbocycles. The summed E-state index contributed by atoms with van der Waals surface area (Å²) in [7, 11) is 0. The zero-order valence-electron chi connectivity index (χ0n) is 21.1. The topological polar surface area (TPSA) is 88.9 Å². The Morgan fingerprint density at radius 1 is 1.11 bits per heavy atom. The molecule has 0 saturated carbocycles. The summed E-state index contributed by atoms with van der Waals surface area (Å²) >= 11 is 13.5. The van der Waals surface area contributed by atoms with E-state index in [1.165, 1.54) is 11.8 Å². The maximum atomic E-state index is 13.0. The van der Waals surface area contributed by atoms with E-state index in [0.29, 0.717) is 34.5 Å². The van der Waals surface area contributed by atoms with Crippen LogP contribution in [0.25, 0.3) is 0 Å². The van der Waals surface area contributed by atoms with Gasteiger partial charge in [-0.25, -0.2) is 0 Å². The number of amides is 2. The van der Waals surface area contributed by atoms with Crippen molar-refractivity contribution in [1.82, 2.24) is 20.1 Å². The van der Waals surface area contributed by atoms with Crippen LogP contribution in [0.4, 0.5) is 5.69 Å². The van der Waals surface area contributed by atoms with Crippen molar-refractivity contribution in [3.8, 4) is 0 Å². The lowest BCUT2D eigenvalue weighted by atomic mass is 10.0. The van der Waals surface area contributed by atoms with Crippen molar-refractivity contribution in [2.75, 3.05) is 11.1 Å². The number of carbonyl (C=O) groups is 2. The van der Waals surface area contributed by atoms with Crippen LogP contribution in [-0.4, -0.2) is 32.3 Å². The van der Waals surface area contributed by atoms with Crippen LogP contribution in [0.1, 0.15) is 60.5 Å². The summed E-state index contributed by atoms with van der Waals surface area (Å²) in [5, 5.41) is 16.1. The molecule has 1 heterocycles. The third kappa shape index (κ3) is 7.02. The van der Waals surface area contributed by atoms with Crippen LogP contribution in [0.5, 0.6) is 0 Å². The van der Waals surface area contributed by atoms with Crippen molar-refractivity contribution in [2.45, 2.75) is 58.8 Å². The lowest BCUT2D eigenvalue weighted by Crippen LogP contribution is -2.32. The van der Waals surface area contributed by atoms with Crippen LogP contribution in [0.3, 0.4) is 0 Å². The average molecular weight is 549 g/mol. The van der Waals surface area contributed by atoms with Gasteiger partial charge < -0.3 is 15.2 Å². The molecular weight excluding hydrogens is 517 g/mol. The number of nitrogens with zero attached hydrogens (tertiary/aromatic N) is 3. The number of hydrogen-bond acceptors (Lipinski definition) is 5. The molecule has 36 heavy (non-hydrogen) atoms. The van der Waals surface area contributed by atoms with E-state index in [2.05, 4.69) is 34.7 Å². The Bertz CT molecular complexity index is 1250. The van der Waals surface area contributed by atoms with Crippen LogP contribution in [-0.2, 0) is 11.3 Å². The first-order valence-corrected chi connectivity index (χ1v) is 13.5. The number of thioether (sulfide) groups is 1. The highest BCUT2D eigenvalue weighted by atomic mass is 35.5. The Hall–Kier alpha value is -2.55. The summed E-state index contributed by atoms with van der Waals surface area (Å²) in [5.74, 6) is 0.688. The molecule has 1 aromatic heterocycles. The van der Waals surface area contributed by atoms with Crippen molar-refractivity contribution in [3.05, 3.63) is 69.0 Å². The summed E-state index contributed by atoms with van der Waals surface area (Å²) in [4.78, 5) is 25.7. The second-order valence-corrected chi connectivity index (χ2v) is 10.7. The van der Waals surface area contributed by atoms with E-state index in [4.69, 9.17) is 23.2 Å². The molecule has 0 spiro atoms. The summed E-state index contributed by atoms with van der Waals surface area (Å²) in [6.45, 7) is 10.7. The molecule has 192 valence electrons. The molecule has 0 aliphatic carbocycles. The zero-order valence-corrected chi connectivity index (χ0v) is 23.4. The molecule has 0 aliphatic rings. The molecule has 2 amide bonds. The third-order valence-electron chi connectivity index (χ3n) is 5.77. The van der Waals surface area contributed by atoms with E-state index in [1.807, 2.05) is 43.5 Å². The zero-order chi connectivity index (χ0) is 26.4. The SMILES string of the molecule is CCn1c(SCC(=O)Nc2cccc(C)c2C)nnc1[C@@H](CC(C)C)NC(=O)c1ccc(Cl)cc1Cl. The van der Waals surface area contributed by atoms with Crippen molar-refractivity contribution >= 4 is 52.5 Å². The lowest BCUT2D eigenvalue weighted by Gasteiger charge is -2.21. The molecule has 10 heteroatoms. The van der Waals surface area contributed by atoms with Crippen LogP contribution >= 0.6 is 35.0 Å². The summed E-state index contributed by atoms with van der Waals surface area (Å²) in [5.41, 5.74) is 3.31. The van der Waals surface area contributed by atoms with Crippen LogP contribution in [0.2, 0.25) is 10.0 Å². The Morgan fingerprint density at radius 2 is 1.86 bits per heavy atom. The second kappa shape index (κ2) is 12.6. The van der Waals surface area contributed by atoms with Gasteiger partial charge in [0.05, 0.1) is 22.4 Å². The van der Waals surface area contributed by atoms with Crippen molar-refractivity contribution in [1.29, 1.82) is 0 Å². The van der Waals surface area contributed by atoms with Crippen LogP contribution < -0.4 is 10.6 Å². The first-order chi connectivity index (χ1) is 17.1. The number of carbonyl (C=O) groups excluding carboxylic acids is 2. The minimum absolute atomic E-state index is 0.120. The van der Waals surface area contributed by atoms with Gasteiger partial charge in [-0.2, -0.15) is 0 Å². The minimum Gasteiger partial charge on any atom is -0.342 e. The van der Waals surface area contributed by atoms with Crippen molar-refractivity contribution < 1.29 is 9.59 Å². The molecule has 3 aromatic rings. The lowest BCUT2D eigenvalue weighted by molar-refractivity contribution is -0.113. The Morgan fingerprint density at radius 3 is 2.53 bits per heavy atom. The number of hydrogen-bond donors (Lipinski definition) is 2. The highest BCUT2D eigenvalue weighted by Crippen LogP contribution is 2.27. The quantitative estimate of drug-likeness (QED) is 0.284. The van der Waals surface area contributed by atoms with E-state index in [9.17, 15) is 9.59 Å². The van der Waals surface area contributed by atoms with Gasteiger partial charge in [0.2, 0.25) is 5.91 Å². The average Bonchev–Trinajstić information content (AvgIpc) is 3.22. The predicted molar refractivity (Wildman–Crippen MR) is 147 cm³/mol. The maximum absolute atomic E-state index is 13.0. The van der Waals surface area contributed by atoms with Gasteiger partial charge in [-0.3, -0.25) is 9.59 Å². The van der Waals surface area contributed by atoms with Gasteiger partial charge in [-0.15, -0.1) is 10.2 Å². The molecule has 0 bridgehead atoms. The molecule has 0 aliphatic heterocycles. The molecule has 0 fully saturated rings. The monoisotopic (exact) mass is 547 g/mol. The fourth-order valence-corrected chi connectivity index (χ4v) is 5.08. The van der Waals surface area contributed by atoms with Crippen LogP contribution in [0.15, 0.2) is 41.6 Å². The molecule has 0 unspecified atom stereocenters. The van der Waals surface area contributed by atoms with E-state index < -0.39 is 0 Å². The van der Waals surface area contributed by atoms with E-state index >= 15 is 0 Å². The summed E-state index contributed by atoms with van der Waals surface area (Å²) in [6.07, 6.45) is 0.660. The Balaban J connectivity index is 1.76. The molecule has 0 radical (unpaired) electrons. The normalized spacial score (nSPS) is 12.0. The summed E-state index contributed by atoms with van der Waals surface area (Å²) in [6, 6.07) is 10.2. The molecule has 2 N–H and O–H groups in total. The predicted octanol–water partition coefficient (Wildman–Crippen LogP) is 6.47. The van der Waals surface area contributed by atoms with Gasteiger partial charge in [0.15, 0.2) is 11.0 Å². The van der Waals surface area contributed by atoms with Gasteiger partial charge in [-0.05, 0) is 68.5 Å². The van der Waals surface area contributed by atoms with E-state index in [0.717, 1.165) is 16.8 Å². The maximum Gasteiger partial charge on any atom is 0.253 e. The molecule has 3 rings (SSSR count). The molecule has 1 atom stereocenters. The number of anilines is 1. The van der Waals surface area contributed by atoms with E-state index in [1.54, 1.807) is 18.2 Å². The largest absolute Gasteiger partial charge is 0.342 e.